The number of benzene rings is 4. The van der Waals surface area contributed by atoms with E-state index >= 15 is 0 Å². The molecule has 0 radical (unpaired) electrons. The van der Waals surface area contributed by atoms with Crippen molar-refractivity contribution in [2.24, 2.45) is 0 Å². The van der Waals surface area contributed by atoms with E-state index in [0.717, 1.165) is 35.1 Å². The monoisotopic (exact) mass is 622 g/mol. The summed E-state index contributed by atoms with van der Waals surface area (Å²) in [4.78, 5) is 0. The van der Waals surface area contributed by atoms with Crippen LogP contribution in [0.15, 0.2) is 134 Å². The third kappa shape index (κ3) is 8.18. The Balaban J connectivity index is 1.30. The molecule has 7 heteroatoms. The molecule has 6 rings (SSSR count). The molecule has 0 aromatic heterocycles. The lowest BCUT2D eigenvalue weighted by Crippen LogP contribution is -2.59. The third-order valence-electron chi connectivity index (χ3n) is 8.09. The van der Waals surface area contributed by atoms with E-state index in [9.17, 15) is 0 Å². The molecule has 240 valence electrons. The van der Waals surface area contributed by atoms with E-state index in [-0.39, 0.29) is 6.61 Å². The molecule has 2 aliphatic heterocycles. The maximum atomic E-state index is 6.78. The second kappa shape index (κ2) is 16.3. The molecule has 46 heavy (non-hydrogen) atoms. The van der Waals surface area contributed by atoms with Crippen LogP contribution in [0.3, 0.4) is 0 Å². The molecule has 0 bridgehead atoms. The lowest BCUT2D eigenvalue weighted by molar-refractivity contribution is -0.367. The molecule has 4 aromatic carbocycles. The lowest BCUT2D eigenvalue weighted by Gasteiger charge is -2.42. The van der Waals surface area contributed by atoms with Gasteiger partial charge in [0.05, 0.1) is 33.0 Å². The van der Waals surface area contributed by atoms with E-state index in [1.54, 1.807) is 0 Å². The van der Waals surface area contributed by atoms with Gasteiger partial charge in [0.25, 0.3) is 0 Å². The summed E-state index contributed by atoms with van der Waals surface area (Å²) >= 11 is 0. The van der Waals surface area contributed by atoms with Gasteiger partial charge in [0, 0.05) is 5.56 Å². The molecular weight excluding hydrogens is 580 g/mol. The normalized spacial score (nSPS) is 25.6. The second-order valence-corrected chi connectivity index (χ2v) is 11.5. The van der Waals surface area contributed by atoms with Crippen molar-refractivity contribution < 1.29 is 33.2 Å². The number of ether oxygens (including phenoxy) is 7. The first-order chi connectivity index (χ1) is 22.7. The minimum atomic E-state index is -1.48. The number of fused-ring (bicyclic) bond motifs is 1. The second-order valence-electron chi connectivity index (χ2n) is 11.5. The van der Waals surface area contributed by atoms with Crippen LogP contribution in [0.25, 0.3) is 0 Å². The standard InChI is InChI=1S/C39H42O7/c1-2-3-16-25-43-39(33-23-14-7-15-24-33)45-37-36(42-28-32-21-12-6-13-22-32)35(41-27-31-19-10-5-11-20-31)34(44-38(37)46-39)29-40-26-30-17-8-4-9-18-30/h2,4-15,17-24,34-38H,1,3,16,25-29H2/t34?,35-,36-,37?,38-,39?/m0/s1. The van der Waals surface area contributed by atoms with Gasteiger partial charge in [0.15, 0.2) is 6.29 Å². The van der Waals surface area contributed by atoms with Gasteiger partial charge in [-0.2, -0.15) is 0 Å². The zero-order valence-corrected chi connectivity index (χ0v) is 26.0. The Morgan fingerprint density at radius 1 is 0.652 bits per heavy atom. The fraction of sp³-hybridized carbons (Fsp3) is 0.333. The average molecular weight is 623 g/mol. The van der Waals surface area contributed by atoms with Crippen molar-refractivity contribution in [1.82, 2.24) is 0 Å². The van der Waals surface area contributed by atoms with E-state index in [1.807, 2.05) is 127 Å². The summed E-state index contributed by atoms with van der Waals surface area (Å²) in [7, 11) is 0. The van der Waals surface area contributed by atoms with Crippen molar-refractivity contribution in [2.75, 3.05) is 13.2 Å². The minimum absolute atomic E-state index is 0.269. The van der Waals surface area contributed by atoms with Crippen LogP contribution in [0.4, 0.5) is 0 Å². The number of hydrogen-bond acceptors (Lipinski definition) is 7. The fourth-order valence-electron chi connectivity index (χ4n) is 5.75. The zero-order chi connectivity index (χ0) is 31.4. The maximum Gasteiger partial charge on any atom is 0.314 e. The van der Waals surface area contributed by atoms with Crippen LogP contribution >= 0.6 is 0 Å². The molecule has 6 atom stereocenters. The largest absolute Gasteiger partial charge is 0.374 e. The molecule has 3 unspecified atom stereocenters. The van der Waals surface area contributed by atoms with Crippen LogP contribution < -0.4 is 0 Å². The maximum absolute atomic E-state index is 6.78. The summed E-state index contributed by atoms with van der Waals surface area (Å²) < 4.78 is 46.1. The number of hydrogen-bond donors (Lipinski definition) is 0. The Bertz CT molecular complexity index is 1450. The van der Waals surface area contributed by atoms with Gasteiger partial charge in [-0.3, -0.25) is 4.74 Å². The van der Waals surface area contributed by atoms with Crippen LogP contribution in [0, 0.1) is 0 Å². The molecule has 7 nitrogen and oxygen atoms in total. The predicted molar refractivity (Wildman–Crippen MR) is 174 cm³/mol. The van der Waals surface area contributed by atoms with Crippen molar-refractivity contribution in [1.29, 1.82) is 0 Å². The van der Waals surface area contributed by atoms with Crippen molar-refractivity contribution in [3.05, 3.63) is 156 Å². The summed E-state index contributed by atoms with van der Waals surface area (Å²) in [6.07, 6.45) is 0.426. The summed E-state index contributed by atoms with van der Waals surface area (Å²) in [6.45, 7) is 5.69. The van der Waals surface area contributed by atoms with Gasteiger partial charge in [-0.15, -0.1) is 6.58 Å². The molecule has 0 saturated carbocycles. The molecule has 2 aliphatic rings. The van der Waals surface area contributed by atoms with Gasteiger partial charge in [-0.05, 0) is 29.5 Å². The van der Waals surface area contributed by atoms with Crippen LogP contribution in [0.2, 0.25) is 0 Å². The van der Waals surface area contributed by atoms with Crippen molar-refractivity contribution in [3.63, 3.8) is 0 Å². The lowest BCUT2D eigenvalue weighted by atomic mass is 9.98. The molecule has 2 heterocycles. The smallest absolute Gasteiger partial charge is 0.314 e. The molecule has 0 amide bonds. The molecule has 2 saturated heterocycles. The van der Waals surface area contributed by atoms with E-state index in [2.05, 4.69) is 6.58 Å². The van der Waals surface area contributed by atoms with E-state index in [0.29, 0.717) is 26.4 Å². The van der Waals surface area contributed by atoms with Crippen molar-refractivity contribution in [2.45, 2.75) is 69.3 Å². The number of allylic oxidation sites excluding steroid dienone is 1. The van der Waals surface area contributed by atoms with E-state index < -0.39 is 36.7 Å². The summed E-state index contributed by atoms with van der Waals surface area (Å²) in [5, 5.41) is 0. The van der Waals surface area contributed by atoms with Crippen LogP contribution in [0.1, 0.15) is 35.1 Å². The minimum Gasteiger partial charge on any atom is -0.374 e. The van der Waals surface area contributed by atoms with Gasteiger partial charge in [0.2, 0.25) is 0 Å². The van der Waals surface area contributed by atoms with Gasteiger partial charge in [0.1, 0.15) is 24.4 Å². The molecule has 0 spiro atoms. The Kier molecular flexibility index (Phi) is 11.4. The SMILES string of the molecule is C=CCCCOC1(c2ccccc2)OC2[C@@H](OC(COCc3ccccc3)[C@H](OCc3ccccc3)[C@@H]2OCc2ccccc2)O1. The Labute approximate surface area is 271 Å². The third-order valence-corrected chi connectivity index (χ3v) is 8.09. The molecule has 4 aromatic rings. The van der Waals surface area contributed by atoms with Crippen LogP contribution in [-0.2, 0) is 59.0 Å². The van der Waals surface area contributed by atoms with Gasteiger partial charge in [-0.1, -0.05) is 127 Å². The molecule has 0 aliphatic carbocycles. The summed E-state index contributed by atoms with van der Waals surface area (Å²) in [5.74, 6) is -1.48. The zero-order valence-electron chi connectivity index (χ0n) is 26.0. The fourth-order valence-corrected chi connectivity index (χ4v) is 5.75. The van der Waals surface area contributed by atoms with Crippen molar-refractivity contribution >= 4 is 0 Å². The number of unbranched alkanes of at least 4 members (excludes halogenated alkanes) is 1. The van der Waals surface area contributed by atoms with Gasteiger partial charge >= 0.3 is 5.97 Å². The first-order valence-electron chi connectivity index (χ1n) is 16.0. The number of rotatable bonds is 16. The highest BCUT2D eigenvalue weighted by atomic mass is 16.9. The van der Waals surface area contributed by atoms with E-state index in [4.69, 9.17) is 33.2 Å². The molecular formula is C39H42O7. The van der Waals surface area contributed by atoms with Crippen LogP contribution in [-0.4, -0.2) is 43.9 Å². The first kappa shape index (κ1) is 32.3. The highest BCUT2D eigenvalue weighted by Gasteiger charge is 2.60. The Morgan fingerprint density at radius 2 is 1.20 bits per heavy atom. The summed E-state index contributed by atoms with van der Waals surface area (Å²) in [6, 6.07) is 39.9. The van der Waals surface area contributed by atoms with E-state index in [1.165, 1.54) is 0 Å². The van der Waals surface area contributed by atoms with Crippen LogP contribution in [0.5, 0.6) is 0 Å². The average Bonchev–Trinajstić information content (AvgIpc) is 3.49. The molecule has 2 fully saturated rings. The highest BCUT2D eigenvalue weighted by molar-refractivity contribution is 5.20. The Hall–Kier alpha value is -3.66. The van der Waals surface area contributed by atoms with Gasteiger partial charge in [-0.25, -0.2) is 0 Å². The first-order valence-corrected chi connectivity index (χ1v) is 16.0. The van der Waals surface area contributed by atoms with Crippen molar-refractivity contribution in [3.8, 4) is 0 Å². The predicted octanol–water partition coefficient (Wildman–Crippen LogP) is 7.31. The molecule has 0 N–H and O–H groups in total. The topological polar surface area (TPSA) is 64.6 Å². The Morgan fingerprint density at radius 3 is 1.78 bits per heavy atom. The highest BCUT2D eigenvalue weighted by Crippen LogP contribution is 2.45. The van der Waals surface area contributed by atoms with Gasteiger partial charge < -0.3 is 28.4 Å². The quantitative estimate of drug-likeness (QED) is 0.0959. The summed E-state index contributed by atoms with van der Waals surface area (Å²) in [5.41, 5.74) is 3.90.